The van der Waals surface area contributed by atoms with Gasteiger partial charge in [0.1, 0.15) is 17.8 Å². The molecule has 0 spiro atoms. The van der Waals surface area contributed by atoms with Gasteiger partial charge in [0.05, 0.1) is 0 Å². The minimum Gasteiger partial charge on any atom is -0.364 e. The monoisotopic (exact) mass is 205 g/mol. The van der Waals surface area contributed by atoms with E-state index in [1.165, 1.54) is 12.1 Å². The van der Waals surface area contributed by atoms with Crippen LogP contribution in [0.3, 0.4) is 0 Å². The Balaban J connectivity index is 2.40. The molecular formula is C12H12FNO. The van der Waals surface area contributed by atoms with Gasteiger partial charge in [-0.25, -0.2) is 4.39 Å². The highest BCUT2D eigenvalue weighted by Crippen LogP contribution is 2.23. The third-order valence-electron chi connectivity index (χ3n) is 2.26. The van der Waals surface area contributed by atoms with Gasteiger partial charge in [-0.3, -0.25) is 0 Å². The summed E-state index contributed by atoms with van der Waals surface area (Å²) in [5.41, 5.74) is 2.55. The first kappa shape index (κ1) is 9.90. The second kappa shape index (κ2) is 4.26. The van der Waals surface area contributed by atoms with Crippen LogP contribution in [0.1, 0.15) is 18.9 Å². The standard InChI is InChI=1S/C12H12FNO/c1-2-4-10-8-15-14-12(10)9-5-3-6-11(13)7-9/h3,5-8H,2,4H2,1H3. The van der Waals surface area contributed by atoms with Gasteiger partial charge in [-0.15, -0.1) is 0 Å². The van der Waals surface area contributed by atoms with Gasteiger partial charge in [-0.1, -0.05) is 30.6 Å². The van der Waals surface area contributed by atoms with E-state index < -0.39 is 0 Å². The largest absolute Gasteiger partial charge is 0.364 e. The Morgan fingerprint density at radius 2 is 2.27 bits per heavy atom. The molecule has 0 N–H and O–H groups in total. The van der Waals surface area contributed by atoms with Crippen LogP contribution in [0.15, 0.2) is 35.1 Å². The zero-order valence-electron chi connectivity index (χ0n) is 8.53. The van der Waals surface area contributed by atoms with E-state index in [4.69, 9.17) is 4.52 Å². The summed E-state index contributed by atoms with van der Waals surface area (Å²) in [6.07, 6.45) is 3.54. The van der Waals surface area contributed by atoms with Crippen molar-refractivity contribution in [3.63, 3.8) is 0 Å². The van der Waals surface area contributed by atoms with Crippen molar-refractivity contribution in [1.29, 1.82) is 0 Å². The second-order valence-corrected chi connectivity index (χ2v) is 3.45. The Morgan fingerprint density at radius 3 is 3.00 bits per heavy atom. The molecule has 0 bridgehead atoms. The molecule has 0 aliphatic rings. The molecule has 0 radical (unpaired) electrons. The van der Waals surface area contributed by atoms with Crippen molar-refractivity contribution in [3.05, 3.63) is 41.9 Å². The van der Waals surface area contributed by atoms with Gasteiger partial charge in [0.25, 0.3) is 0 Å². The lowest BCUT2D eigenvalue weighted by Crippen LogP contribution is -1.86. The smallest absolute Gasteiger partial charge is 0.127 e. The highest BCUT2D eigenvalue weighted by Gasteiger charge is 2.09. The molecule has 2 nitrogen and oxygen atoms in total. The predicted octanol–water partition coefficient (Wildman–Crippen LogP) is 3.43. The molecule has 2 aromatic rings. The normalized spacial score (nSPS) is 10.5. The maximum Gasteiger partial charge on any atom is 0.127 e. The van der Waals surface area contributed by atoms with Gasteiger partial charge in [-0.05, 0) is 18.6 Å². The van der Waals surface area contributed by atoms with Crippen LogP contribution in [0.25, 0.3) is 11.3 Å². The number of rotatable bonds is 3. The van der Waals surface area contributed by atoms with E-state index in [-0.39, 0.29) is 5.82 Å². The Kier molecular flexibility index (Phi) is 2.81. The van der Waals surface area contributed by atoms with Crippen molar-refractivity contribution in [3.8, 4) is 11.3 Å². The third-order valence-corrected chi connectivity index (χ3v) is 2.26. The molecule has 1 aromatic heterocycles. The molecule has 0 aliphatic carbocycles. The molecule has 15 heavy (non-hydrogen) atoms. The van der Waals surface area contributed by atoms with Gasteiger partial charge in [-0.2, -0.15) is 0 Å². The highest BCUT2D eigenvalue weighted by molar-refractivity contribution is 5.62. The van der Waals surface area contributed by atoms with E-state index in [1.807, 2.05) is 6.07 Å². The van der Waals surface area contributed by atoms with Gasteiger partial charge < -0.3 is 4.52 Å². The van der Waals surface area contributed by atoms with E-state index in [0.29, 0.717) is 0 Å². The molecule has 2 rings (SSSR count). The number of hydrogen-bond donors (Lipinski definition) is 0. The third kappa shape index (κ3) is 2.06. The minimum atomic E-state index is -0.252. The van der Waals surface area contributed by atoms with Gasteiger partial charge in [0.2, 0.25) is 0 Å². The molecular weight excluding hydrogens is 193 g/mol. The molecule has 0 saturated heterocycles. The molecule has 0 aliphatic heterocycles. The number of aromatic nitrogens is 1. The Bertz CT molecular complexity index is 450. The second-order valence-electron chi connectivity index (χ2n) is 3.45. The Morgan fingerprint density at radius 1 is 1.40 bits per heavy atom. The fourth-order valence-corrected chi connectivity index (χ4v) is 1.58. The van der Waals surface area contributed by atoms with Crippen LogP contribution in [-0.2, 0) is 6.42 Å². The van der Waals surface area contributed by atoms with Gasteiger partial charge in [0, 0.05) is 11.1 Å². The molecule has 78 valence electrons. The van der Waals surface area contributed by atoms with E-state index in [1.54, 1.807) is 12.3 Å². The van der Waals surface area contributed by atoms with Crippen molar-refractivity contribution in [2.45, 2.75) is 19.8 Å². The van der Waals surface area contributed by atoms with Crippen LogP contribution >= 0.6 is 0 Å². The van der Waals surface area contributed by atoms with Crippen molar-refractivity contribution < 1.29 is 8.91 Å². The van der Waals surface area contributed by atoms with Crippen LogP contribution in [0.5, 0.6) is 0 Å². The van der Waals surface area contributed by atoms with Crippen LogP contribution in [0, 0.1) is 5.82 Å². The molecule has 1 aromatic carbocycles. The SMILES string of the molecule is CCCc1conc1-c1cccc(F)c1. The average molecular weight is 205 g/mol. The summed E-state index contributed by atoms with van der Waals surface area (Å²) in [5.74, 6) is -0.252. The molecule has 0 fully saturated rings. The fourth-order valence-electron chi connectivity index (χ4n) is 1.58. The van der Waals surface area contributed by atoms with Crippen LogP contribution < -0.4 is 0 Å². The lowest BCUT2D eigenvalue weighted by molar-refractivity contribution is 0.421. The summed E-state index contributed by atoms with van der Waals surface area (Å²) in [6.45, 7) is 2.09. The number of halogens is 1. The highest BCUT2D eigenvalue weighted by atomic mass is 19.1. The average Bonchev–Trinajstić information content (AvgIpc) is 2.66. The molecule has 3 heteroatoms. The fraction of sp³-hybridized carbons (Fsp3) is 0.250. The Labute approximate surface area is 87.7 Å². The predicted molar refractivity (Wildman–Crippen MR) is 55.9 cm³/mol. The lowest BCUT2D eigenvalue weighted by Gasteiger charge is -1.99. The number of benzene rings is 1. The lowest BCUT2D eigenvalue weighted by atomic mass is 10.1. The summed E-state index contributed by atoms with van der Waals surface area (Å²) in [4.78, 5) is 0. The van der Waals surface area contributed by atoms with E-state index in [9.17, 15) is 4.39 Å². The number of nitrogens with zero attached hydrogens (tertiary/aromatic N) is 1. The van der Waals surface area contributed by atoms with Crippen molar-refractivity contribution >= 4 is 0 Å². The summed E-state index contributed by atoms with van der Waals surface area (Å²) in [5, 5.41) is 3.90. The van der Waals surface area contributed by atoms with Gasteiger partial charge in [0.15, 0.2) is 0 Å². The molecule has 0 amide bonds. The van der Waals surface area contributed by atoms with E-state index in [2.05, 4.69) is 12.1 Å². The quantitative estimate of drug-likeness (QED) is 0.767. The zero-order valence-corrected chi connectivity index (χ0v) is 8.53. The summed E-state index contributed by atoms with van der Waals surface area (Å²) >= 11 is 0. The number of hydrogen-bond acceptors (Lipinski definition) is 2. The summed E-state index contributed by atoms with van der Waals surface area (Å²) < 4.78 is 17.9. The molecule has 0 atom stereocenters. The van der Waals surface area contributed by atoms with Crippen molar-refractivity contribution in [1.82, 2.24) is 5.16 Å². The molecule has 0 unspecified atom stereocenters. The topological polar surface area (TPSA) is 26.0 Å². The maximum atomic E-state index is 13.0. The van der Waals surface area contributed by atoms with E-state index in [0.717, 1.165) is 29.7 Å². The number of aryl methyl sites for hydroxylation is 1. The summed E-state index contributed by atoms with van der Waals surface area (Å²) in [7, 11) is 0. The summed E-state index contributed by atoms with van der Waals surface area (Å²) in [6, 6.07) is 6.40. The first-order valence-electron chi connectivity index (χ1n) is 5.00. The van der Waals surface area contributed by atoms with Crippen LogP contribution in [0.4, 0.5) is 4.39 Å². The van der Waals surface area contributed by atoms with E-state index >= 15 is 0 Å². The van der Waals surface area contributed by atoms with Crippen LogP contribution in [-0.4, -0.2) is 5.16 Å². The van der Waals surface area contributed by atoms with Crippen LogP contribution in [0.2, 0.25) is 0 Å². The first-order chi connectivity index (χ1) is 7.31. The zero-order chi connectivity index (χ0) is 10.7. The first-order valence-corrected chi connectivity index (χ1v) is 5.00. The minimum absolute atomic E-state index is 0.252. The molecule has 1 heterocycles. The van der Waals surface area contributed by atoms with Crippen molar-refractivity contribution in [2.75, 3.05) is 0 Å². The van der Waals surface area contributed by atoms with Gasteiger partial charge >= 0.3 is 0 Å². The van der Waals surface area contributed by atoms with Crippen molar-refractivity contribution in [2.24, 2.45) is 0 Å². The Hall–Kier alpha value is -1.64. The molecule has 0 saturated carbocycles. The maximum absolute atomic E-state index is 13.0.